The highest BCUT2D eigenvalue weighted by atomic mass is 16.6. The predicted molar refractivity (Wildman–Crippen MR) is 76.1 cm³/mol. The van der Waals surface area contributed by atoms with Gasteiger partial charge in [-0.3, -0.25) is 0 Å². The molecule has 0 aliphatic carbocycles. The summed E-state index contributed by atoms with van der Waals surface area (Å²) in [5.41, 5.74) is 6.91. The van der Waals surface area contributed by atoms with E-state index >= 15 is 0 Å². The van der Waals surface area contributed by atoms with Crippen molar-refractivity contribution in [3.05, 3.63) is 48.6 Å². The van der Waals surface area contributed by atoms with Gasteiger partial charge in [0.2, 0.25) is 0 Å². The van der Waals surface area contributed by atoms with Crippen LogP contribution >= 0.6 is 0 Å². The Morgan fingerprint density at radius 3 is 2.85 bits per heavy atom. The molecule has 1 amide bonds. The van der Waals surface area contributed by atoms with Crippen molar-refractivity contribution in [1.82, 2.24) is 4.90 Å². The van der Waals surface area contributed by atoms with Crippen LogP contribution in [0.3, 0.4) is 0 Å². The molecule has 2 N–H and O–H groups in total. The zero-order valence-electron chi connectivity index (χ0n) is 11.4. The number of hydrogen-bond acceptors (Lipinski definition) is 4. The summed E-state index contributed by atoms with van der Waals surface area (Å²) in [5, 5.41) is 0. The van der Waals surface area contributed by atoms with Crippen LogP contribution in [-0.4, -0.2) is 42.8 Å². The fraction of sp³-hybridized carbons (Fsp3) is 0.400. The zero-order chi connectivity index (χ0) is 14.4. The van der Waals surface area contributed by atoms with Crippen molar-refractivity contribution in [2.75, 3.05) is 19.7 Å². The standard InChI is InChI=1S/C15H20N2O3/c1-2-8-19-14-10-17(9-13(14)16)15(18)20-11-12-6-4-3-5-7-12/h2-7,13-14H,1,8-11,16H2. The van der Waals surface area contributed by atoms with Crippen molar-refractivity contribution < 1.29 is 14.3 Å². The lowest BCUT2D eigenvalue weighted by atomic mass is 10.2. The number of amides is 1. The molecule has 0 spiro atoms. The van der Waals surface area contributed by atoms with Crippen LogP contribution in [0.2, 0.25) is 0 Å². The largest absolute Gasteiger partial charge is 0.445 e. The fourth-order valence-electron chi connectivity index (χ4n) is 2.13. The van der Waals surface area contributed by atoms with Crippen molar-refractivity contribution in [2.24, 2.45) is 5.73 Å². The quantitative estimate of drug-likeness (QED) is 0.828. The van der Waals surface area contributed by atoms with Crippen molar-refractivity contribution >= 4 is 6.09 Å². The number of nitrogens with zero attached hydrogens (tertiary/aromatic N) is 1. The summed E-state index contributed by atoms with van der Waals surface area (Å²) < 4.78 is 10.8. The predicted octanol–water partition coefficient (Wildman–Crippen LogP) is 1.54. The molecule has 0 radical (unpaired) electrons. The van der Waals surface area contributed by atoms with Crippen LogP contribution in [0.5, 0.6) is 0 Å². The Morgan fingerprint density at radius 1 is 1.40 bits per heavy atom. The van der Waals surface area contributed by atoms with Gasteiger partial charge in [-0.25, -0.2) is 4.79 Å². The van der Waals surface area contributed by atoms with Gasteiger partial charge in [-0.1, -0.05) is 36.4 Å². The third-order valence-corrected chi connectivity index (χ3v) is 3.20. The van der Waals surface area contributed by atoms with E-state index in [9.17, 15) is 4.79 Å². The minimum atomic E-state index is -0.353. The molecular weight excluding hydrogens is 256 g/mol. The Hall–Kier alpha value is -1.85. The molecule has 0 bridgehead atoms. The van der Waals surface area contributed by atoms with E-state index in [1.54, 1.807) is 11.0 Å². The first-order valence-electron chi connectivity index (χ1n) is 6.64. The molecule has 1 saturated heterocycles. The van der Waals surface area contributed by atoms with Gasteiger partial charge in [0.05, 0.1) is 25.3 Å². The SMILES string of the molecule is C=CCOC1CN(C(=O)OCc2ccccc2)CC1N. The van der Waals surface area contributed by atoms with E-state index in [1.807, 2.05) is 30.3 Å². The highest BCUT2D eigenvalue weighted by Crippen LogP contribution is 2.14. The van der Waals surface area contributed by atoms with Crippen LogP contribution in [0.1, 0.15) is 5.56 Å². The maximum atomic E-state index is 12.0. The van der Waals surface area contributed by atoms with Crippen molar-refractivity contribution in [3.63, 3.8) is 0 Å². The molecule has 2 atom stereocenters. The fourth-order valence-corrected chi connectivity index (χ4v) is 2.13. The van der Waals surface area contributed by atoms with Gasteiger partial charge in [-0.2, -0.15) is 0 Å². The molecule has 0 saturated carbocycles. The summed E-state index contributed by atoms with van der Waals surface area (Å²) >= 11 is 0. The maximum Gasteiger partial charge on any atom is 0.410 e. The monoisotopic (exact) mass is 276 g/mol. The number of carbonyl (C=O) groups is 1. The van der Waals surface area contributed by atoms with E-state index in [2.05, 4.69) is 6.58 Å². The molecule has 108 valence electrons. The summed E-state index contributed by atoms with van der Waals surface area (Å²) in [6, 6.07) is 9.39. The van der Waals surface area contributed by atoms with Gasteiger partial charge in [0.25, 0.3) is 0 Å². The molecule has 1 aromatic rings. The first kappa shape index (κ1) is 14.6. The van der Waals surface area contributed by atoms with Gasteiger partial charge >= 0.3 is 6.09 Å². The second-order valence-electron chi connectivity index (χ2n) is 4.77. The number of hydrogen-bond donors (Lipinski definition) is 1. The van der Waals surface area contributed by atoms with E-state index in [-0.39, 0.29) is 24.8 Å². The van der Waals surface area contributed by atoms with Gasteiger partial charge in [-0.15, -0.1) is 6.58 Å². The molecule has 0 aromatic heterocycles. The first-order chi connectivity index (χ1) is 9.70. The molecular formula is C15H20N2O3. The average Bonchev–Trinajstić information content (AvgIpc) is 2.85. The first-order valence-corrected chi connectivity index (χ1v) is 6.64. The number of benzene rings is 1. The molecule has 1 aliphatic heterocycles. The molecule has 2 unspecified atom stereocenters. The molecule has 5 heteroatoms. The average molecular weight is 276 g/mol. The van der Waals surface area contributed by atoms with E-state index in [0.29, 0.717) is 19.7 Å². The second-order valence-corrected chi connectivity index (χ2v) is 4.77. The number of likely N-dealkylation sites (tertiary alicyclic amines) is 1. The lowest BCUT2D eigenvalue weighted by Gasteiger charge is -2.16. The molecule has 1 aromatic carbocycles. The third-order valence-electron chi connectivity index (χ3n) is 3.20. The van der Waals surface area contributed by atoms with E-state index in [1.165, 1.54) is 0 Å². The smallest absolute Gasteiger partial charge is 0.410 e. The Bertz CT molecular complexity index is 450. The van der Waals surface area contributed by atoms with Gasteiger partial charge in [-0.05, 0) is 5.56 Å². The molecule has 1 aliphatic rings. The van der Waals surface area contributed by atoms with Crippen LogP contribution in [0.25, 0.3) is 0 Å². The summed E-state index contributed by atoms with van der Waals surface area (Å²) in [5.74, 6) is 0. The lowest BCUT2D eigenvalue weighted by molar-refractivity contribution is 0.0646. The number of nitrogens with two attached hydrogens (primary N) is 1. The van der Waals surface area contributed by atoms with Crippen LogP contribution < -0.4 is 5.73 Å². The number of carbonyl (C=O) groups excluding carboxylic acids is 1. The maximum absolute atomic E-state index is 12.0. The minimum Gasteiger partial charge on any atom is -0.445 e. The van der Waals surface area contributed by atoms with E-state index in [4.69, 9.17) is 15.2 Å². The molecule has 1 fully saturated rings. The van der Waals surface area contributed by atoms with Crippen LogP contribution in [0, 0.1) is 0 Å². The van der Waals surface area contributed by atoms with Gasteiger partial charge in [0.15, 0.2) is 0 Å². The Morgan fingerprint density at radius 2 is 2.15 bits per heavy atom. The summed E-state index contributed by atoms with van der Waals surface area (Å²) in [4.78, 5) is 13.5. The van der Waals surface area contributed by atoms with Gasteiger partial charge < -0.3 is 20.1 Å². The van der Waals surface area contributed by atoms with Crippen LogP contribution in [-0.2, 0) is 16.1 Å². The van der Waals surface area contributed by atoms with Gasteiger partial charge in [0.1, 0.15) is 6.61 Å². The van der Waals surface area contributed by atoms with Crippen molar-refractivity contribution in [3.8, 4) is 0 Å². The Balaban J connectivity index is 1.80. The van der Waals surface area contributed by atoms with E-state index in [0.717, 1.165) is 5.56 Å². The minimum absolute atomic E-state index is 0.155. The molecule has 1 heterocycles. The Labute approximate surface area is 119 Å². The molecule has 5 nitrogen and oxygen atoms in total. The molecule has 2 rings (SSSR count). The highest BCUT2D eigenvalue weighted by molar-refractivity contribution is 5.68. The second kappa shape index (κ2) is 7.07. The summed E-state index contributed by atoms with van der Waals surface area (Å²) in [6.45, 7) is 5.21. The topological polar surface area (TPSA) is 64.8 Å². The van der Waals surface area contributed by atoms with Crippen LogP contribution in [0.4, 0.5) is 4.79 Å². The Kier molecular flexibility index (Phi) is 5.15. The zero-order valence-corrected chi connectivity index (χ0v) is 11.4. The van der Waals surface area contributed by atoms with Crippen LogP contribution in [0.15, 0.2) is 43.0 Å². The van der Waals surface area contributed by atoms with E-state index < -0.39 is 0 Å². The van der Waals surface area contributed by atoms with Crippen molar-refractivity contribution in [2.45, 2.75) is 18.8 Å². The van der Waals surface area contributed by atoms with Crippen molar-refractivity contribution in [1.29, 1.82) is 0 Å². The summed E-state index contributed by atoms with van der Waals surface area (Å²) in [6.07, 6.45) is 1.16. The summed E-state index contributed by atoms with van der Waals surface area (Å²) in [7, 11) is 0. The number of ether oxygens (including phenoxy) is 2. The highest BCUT2D eigenvalue weighted by Gasteiger charge is 2.34. The lowest BCUT2D eigenvalue weighted by Crippen LogP contribution is -2.35. The molecule has 20 heavy (non-hydrogen) atoms. The third kappa shape index (κ3) is 3.82. The number of rotatable bonds is 5. The normalized spacial score (nSPS) is 21.8. The van der Waals surface area contributed by atoms with Gasteiger partial charge in [0, 0.05) is 6.54 Å².